The fourth-order valence-corrected chi connectivity index (χ4v) is 2.23. The lowest BCUT2D eigenvalue weighted by molar-refractivity contribution is -0.138. The molecule has 5 heteroatoms. The molecule has 0 aliphatic carbocycles. The van der Waals surface area contributed by atoms with Crippen LogP contribution in [0.5, 0.6) is 0 Å². The zero-order valence-corrected chi connectivity index (χ0v) is 11.8. The van der Waals surface area contributed by atoms with Crippen molar-refractivity contribution in [2.24, 2.45) is 0 Å². The topological polar surface area (TPSA) is 37.3 Å². The molecule has 0 aromatic heterocycles. The Morgan fingerprint density at radius 1 is 1.10 bits per heavy atom. The molecule has 0 heterocycles. The molecule has 0 fully saturated rings. The van der Waals surface area contributed by atoms with Crippen molar-refractivity contribution in [1.82, 2.24) is 0 Å². The summed E-state index contributed by atoms with van der Waals surface area (Å²) in [7, 11) is 0. The molecule has 104 valence electrons. The Labute approximate surface area is 125 Å². The quantitative estimate of drug-likeness (QED) is 0.899. The lowest BCUT2D eigenvalue weighted by atomic mass is 9.92. The molecule has 2 rings (SSSR count). The molecule has 0 radical (unpaired) electrons. The molecule has 0 spiro atoms. The normalized spacial score (nSPS) is 12.2. The number of hydrogen-bond donors (Lipinski definition) is 1. The van der Waals surface area contributed by atoms with Crippen LogP contribution in [0.2, 0.25) is 10.0 Å². The van der Waals surface area contributed by atoms with Crippen LogP contribution in [0.15, 0.2) is 42.5 Å². The van der Waals surface area contributed by atoms with Gasteiger partial charge < -0.3 is 5.11 Å². The molecular weight excluding hydrogens is 302 g/mol. The third kappa shape index (κ3) is 3.50. The lowest BCUT2D eigenvalue weighted by Gasteiger charge is -2.13. The van der Waals surface area contributed by atoms with E-state index in [1.54, 1.807) is 30.3 Å². The molecule has 1 atom stereocenters. The highest BCUT2D eigenvalue weighted by molar-refractivity contribution is 6.30. The van der Waals surface area contributed by atoms with Gasteiger partial charge in [-0.2, -0.15) is 0 Å². The molecule has 2 nitrogen and oxygen atoms in total. The van der Waals surface area contributed by atoms with Crippen molar-refractivity contribution < 1.29 is 14.3 Å². The van der Waals surface area contributed by atoms with Gasteiger partial charge in [0.1, 0.15) is 5.82 Å². The lowest BCUT2D eigenvalue weighted by Crippen LogP contribution is -2.15. The van der Waals surface area contributed by atoms with E-state index in [0.29, 0.717) is 16.1 Å². The summed E-state index contributed by atoms with van der Waals surface area (Å²) in [6.45, 7) is 0. The summed E-state index contributed by atoms with van der Waals surface area (Å²) in [4.78, 5) is 11.4. The van der Waals surface area contributed by atoms with Gasteiger partial charge in [-0.1, -0.05) is 41.4 Å². The SMILES string of the molecule is O=C(O)C(Cc1ccc(Cl)cc1F)c1ccc(Cl)cc1. The van der Waals surface area contributed by atoms with Crippen LogP contribution in [0, 0.1) is 5.82 Å². The van der Waals surface area contributed by atoms with Crippen LogP contribution in [-0.2, 0) is 11.2 Å². The van der Waals surface area contributed by atoms with E-state index in [4.69, 9.17) is 23.2 Å². The van der Waals surface area contributed by atoms with E-state index in [1.165, 1.54) is 12.1 Å². The van der Waals surface area contributed by atoms with Crippen molar-refractivity contribution in [3.05, 3.63) is 69.5 Å². The van der Waals surface area contributed by atoms with Crippen LogP contribution < -0.4 is 0 Å². The Morgan fingerprint density at radius 3 is 2.25 bits per heavy atom. The molecule has 0 aliphatic heterocycles. The van der Waals surface area contributed by atoms with Crippen LogP contribution in [-0.4, -0.2) is 11.1 Å². The average Bonchev–Trinajstić information content (AvgIpc) is 2.39. The van der Waals surface area contributed by atoms with E-state index in [9.17, 15) is 14.3 Å². The maximum Gasteiger partial charge on any atom is 0.311 e. The molecule has 0 saturated carbocycles. The fraction of sp³-hybridized carbons (Fsp3) is 0.133. The van der Waals surface area contributed by atoms with Crippen LogP contribution in [0.1, 0.15) is 17.0 Å². The molecule has 0 aliphatic rings. The van der Waals surface area contributed by atoms with E-state index < -0.39 is 17.7 Å². The van der Waals surface area contributed by atoms with Crippen molar-refractivity contribution in [3.63, 3.8) is 0 Å². The maximum absolute atomic E-state index is 13.8. The highest BCUT2D eigenvalue weighted by Gasteiger charge is 2.21. The second-order valence-electron chi connectivity index (χ2n) is 4.38. The number of halogens is 3. The van der Waals surface area contributed by atoms with Crippen LogP contribution >= 0.6 is 23.2 Å². The molecule has 0 bridgehead atoms. The number of rotatable bonds is 4. The number of aliphatic carboxylic acids is 1. The zero-order chi connectivity index (χ0) is 14.7. The molecule has 1 N–H and O–H groups in total. The summed E-state index contributed by atoms with van der Waals surface area (Å²) in [5.74, 6) is -2.35. The third-order valence-corrected chi connectivity index (χ3v) is 3.50. The van der Waals surface area contributed by atoms with Crippen molar-refractivity contribution in [1.29, 1.82) is 0 Å². The van der Waals surface area contributed by atoms with E-state index in [-0.39, 0.29) is 11.4 Å². The molecule has 20 heavy (non-hydrogen) atoms. The van der Waals surface area contributed by atoms with Gasteiger partial charge in [0.2, 0.25) is 0 Å². The van der Waals surface area contributed by atoms with Gasteiger partial charge in [0, 0.05) is 10.0 Å². The van der Waals surface area contributed by atoms with Crippen LogP contribution in [0.3, 0.4) is 0 Å². The summed E-state index contributed by atoms with van der Waals surface area (Å²) >= 11 is 11.5. The first-order valence-electron chi connectivity index (χ1n) is 5.89. The highest BCUT2D eigenvalue weighted by Crippen LogP contribution is 2.25. The van der Waals surface area contributed by atoms with Gasteiger partial charge in [-0.25, -0.2) is 4.39 Å². The second-order valence-corrected chi connectivity index (χ2v) is 5.26. The van der Waals surface area contributed by atoms with E-state index in [0.717, 1.165) is 0 Å². The van der Waals surface area contributed by atoms with Crippen molar-refractivity contribution >= 4 is 29.2 Å². The Morgan fingerprint density at radius 2 is 1.70 bits per heavy atom. The van der Waals surface area contributed by atoms with Gasteiger partial charge in [-0.15, -0.1) is 0 Å². The Kier molecular flexibility index (Phi) is 4.63. The number of benzene rings is 2. The van der Waals surface area contributed by atoms with Crippen molar-refractivity contribution in [3.8, 4) is 0 Å². The molecular formula is C15H11Cl2FO2. The van der Waals surface area contributed by atoms with Gasteiger partial charge in [-0.05, 0) is 41.8 Å². The Balaban J connectivity index is 2.30. The second kappa shape index (κ2) is 6.25. The van der Waals surface area contributed by atoms with Crippen LogP contribution in [0.4, 0.5) is 4.39 Å². The van der Waals surface area contributed by atoms with Gasteiger partial charge in [0.05, 0.1) is 5.92 Å². The third-order valence-electron chi connectivity index (χ3n) is 3.01. The summed E-state index contributed by atoms with van der Waals surface area (Å²) < 4.78 is 13.8. The highest BCUT2D eigenvalue weighted by atomic mass is 35.5. The molecule has 2 aromatic rings. The first-order chi connectivity index (χ1) is 9.47. The standard InChI is InChI=1S/C15H11Cl2FO2/c16-11-4-1-9(2-5-11)13(15(19)20)7-10-3-6-12(17)8-14(10)18/h1-6,8,13H,7H2,(H,19,20). The minimum Gasteiger partial charge on any atom is -0.481 e. The summed E-state index contributed by atoms with van der Waals surface area (Å²) in [5.41, 5.74) is 0.896. The van der Waals surface area contributed by atoms with E-state index >= 15 is 0 Å². The molecule has 0 saturated heterocycles. The van der Waals surface area contributed by atoms with Crippen molar-refractivity contribution in [2.75, 3.05) is 0 Å². The number of carboxylic acids is 1. The van der Waals surface area contributed by atoms with Gasteiger partial charge >= 0.3 is 5.97 Å². The van der Waals surface area contributed by atoms with Gasteiger partial charge in [-0.3, -0.25) is 4.79 Å². The zero-order valence-electron chi connectivity index (χ0n) is 10.3. The molecule has 1 unspecified atom stereocenters. The van der Waals surface area contributed by atoms with E-state index in [2.05, 4.69) is 0 Å². The summed E-state index contributed by atoms with van der Waals surface area (Å²) in [6, 6.07) is 10.7. The fourth-order valence-electron chi connectivity index (χ4n) is 1.95. The van der Waals surface area contributed by atoms with Crippen molar-refractivity contribution in [2.45, 2.75) is 12.3 Å². The first-order valence-corrected chi connectivity index (χ1v) is 6.65. The number of carbonyl (C=O) groups is 1. The summed E-state index contributed by atoms with van der Waals surface area (Å²) in [6.07, 6.45) is 0.0555. The first kappa shape index (κ1) is 14.8. The van der Waals surface area contributed by atoms with Gasteiger partial charge in [0.25, 0.3) is 0 Å². The minimum atomic E-state index is -1.01. The Hall–Kier alpha value is -1.58. The van der Waals surface area contributed by atoms with Crippen LogP contribution in [0.25, 0.3) is 0 Å². The molecule has 2 aromatic carbocycles. The van der Waals surface area contributed by atoms with E-state index in [1.807, 2.05) is 0 Å². The summed E-state index contributed by atoms with van der Waals surface area (Å²) in [5, 5.41) is 10.1. The number of carboxylic acid groups (broad SMARTS) is 1. The van der Waals surface area contributed by atoms with Gasteiger partial charge in [0.15, 0.2) is 0 Å². The maximum atomic E-state index is 13.8. The number of hydrogen-bond acceptors (Lipinski definition) is 1. The monoisotopic (exact) mass is 312 g/mol. The largest absolute Gasteiger partial charge is 0.481 e. The molecule has 0 amide bonds. The Bertz CT molecular complexity index is 626. The average molecular weight is 313 g/mol. The smallest absolute Gasteiger partial charge is 0.311 e. The minimum absolute atomic E-state index is 0.0555. The predicted molar refractivity (Wildman–Crippen MR) is 76.9 cm³/mol. The predicted octanol–water partition coefficient (Wildman–Crippen LogP) is 4.54.